The van der Waals surface area contributed by atoms with Crippen molar-refractivity contribution in [2.45, 2.75) is 19.5 Å². The van der Waals surface area contributed by atoms with Crippen LogP contribution in [-0.2, 0) is 12.6 Å². The number of benzene rings is 2. The first-order valence-electron chi connectivity index (χ1n) is 7.83. The smallest absolute Gasteiger partial charge is 0.416 e. The molecule has 2 aromatic carbocycles. The first kappa shape index (κ1) is 17.8. The Bertz CT molecular complexity index is 937. The van der Waals surface area contributed by atoms with Gasteiger partial charge in [-0.25, -0.2) is 9.37 Å². The highest BCUT2D eigenvalue weighted by atomic mass is 19.4. The fourth-order valence-corrected chi connectivity index (χ4v) is 2.61. The molecule has 3 rings (SSSR count). The second kappa shape index (κ2) is 6.74. The summed E-state index contributed by atoms with van der Waals surface area (Å²) in [4.78, 5) is 8.34. The minimum Gasteiger partial charge on any atom is -0.493 e. The Kier molecular flexibility index (Phi) is 4.63. The molecule has 0 atom stereocenters. The van der Waals surface area contributed by atoms with E-state index in [2.05, 4.69) is 9.97 Å². The van der Waals surface area contributed by atoms with E-state index in [9.17, 15) is 22.7 Å². The number of alkyl halides is 3. The van der Waals surface area contributed by atoms with Crippen molar-refractivity contribution in [1.82, 2.24) is 9.97 Å². The molecular weight excluding hydrogens is 348 g/mol. The van der Waals surface area contributed by atoms with Crippen molar-refractivity contribution in [1.29, 1.82) is 0 Å². The van der Waals surface area contributed by atoms with Gasteiger partial charge in [0.15, 0.2) is 5.82 Å². The molecular formula is C19H14F4N2O. The third-order valence-electron chi connectivity index (χ3n) is 3.90. The second-order valence-corrected chi connectivity index (χ2v) is 5.64. The molecule has 0 aliphatic rings. The van der Waals surface area contributed by atoms with Crippen LogP contribution in [0.2, 0.25) is 0 Å². The molecule has 0 unspecified atom stereocenters. The Hall–Kier alpha value is -2.96. The molecule has 3 aromatic rings. The topological polar surface area (TPSA) is 46.0 Å². The maximum atomic E-state index is 13.1. The van der Waals surface area contributed by atoms with Crippen molar-refractivity contribution in [3.63, 3.8) is 0 Å². The van der Waals surface area contributed by atoms with E-state index >= 15 is 0 Å². The first-order chi connectivity index (χ1) is 12.3. The lowest BCUT2D eigenvalue weighted by Crippen LogP contribution is -2.05. The summed E-state index contributed by atoms with van der Waals surface area (Å²) in [5.74, 6) is -0.650. The molecule has 26 heavy (non-hydrogen) atoms. The molecule has 0 radical (unpaired) electrons. The van der Waals surface area contributed by atoms with E-state index in [0.29, 0.717) is 17.5 Å². The van der Waals surface area contributed by atoms with Gasteiger partial charge >= 0.3 is 6.18 Å². The number of hydrogen-bond donors (Lipinski definition) is 1. The summed E-state index contributed by atoms with van der Waals surface area (Å²) in [5.41, 5.74) is 0.411. The van der Waals surface area contributed by atoms with E-state index in [-0.39, 0.29) is 23.0 Å². The highest BCUT2D eigenvalue weighted by molar-refractivity contribution is 5.69. The number of halogens is 4. The van der Waals surface area contributed by atoms with Gasteiger partial charge in [-0.05, 0) is 42.8 Å². The number of aromatic hydroxyl groups is 1. The minimum atomic E-state index is -4.49. The monoisotopic (exact) mass is 362 g/mol. The lowest BCUT2D eigenvalue weighted by atomic mass is 10.0. The average molecular weight is 362 g/mol. The lowest BCUT2D eigenvalue weighted by Gasteiger charge is -2.13. The Morgan fingerprint density at radius 3 is 2.27 bits per heavy atom. The highest BCUT2D eigenvalue weighted by Crippen LogP contribution is 2.35. The van der Waals surface area contributed by atoms with Gasteiger partial charge in [-0.15, -0.1) is 0 Å². The van der Waals surface area contributed by atoms with Crippen molar-refractivity contribution in [3.05, 3.63) is 65.5 Å². The Morgan fingerprint density at radius 1 is 0.962 bits per heavy atom. The van der Waals surface area contributed by atoms with Crippen molar-refractivity contribution in [2.75, 3.05) is 0 Å². The van der Waals surface area contributed by atoms with E-state index in [1.54, 1.807) is 6.92 Å². The van der Waals surface area contributed by atoms with Gasteiger partial charge in [-0.3, -0.25) is 0 Å². The zero-order valence-corrected chi connectivity index (χ0v) is 13.7. The molecule has 0 fully saturated rings. The van der Waals surface area contributed by atoms with Crippen LogP contribution in [0.25, 0.3) is 22.6 Å². The molecule has 1 heterocycles. The van der Waals surface area contributed by atoms with E-state index in [1.165, 1.54) is 36.4 Å². The largest absolute Gasteiger partial charge is 0.493 e. The highest BCUT2D eigenvalue weighted by Gasteiger charge is 2.31. The van der Waals surface area contributed by atoms with Crippen LogP contribution >= 0.6 is 0 Å². The molecule has 0 amide bonds. The molecule has 0 saturated heterocycles. The third kappa shape index (κ3) is 3.51. The molecule has 0 saturated carbocycles. The first-order valence-corrected chi connectivity index (χ1v) is 7.83. The molecule has 0 spiro atoms. The summed E-state index contributed by atoms with van der Waals surface area (Å²) in [6.07, 6.45) is -4.15. The normalized spacial score (nSPS) is 11.6. The van der Waals surface area contributed by atoms with E-state index < -0.39 is 17.6 Å². The summed E-state index contributed by atoms with van der Waals surface area (Å²) in [6, 6.07) is 10.0. The Morgan fingerprint density at radius 2 is 1.65 bits per heavy atom. The van der Waals surface area contributed by atoms with Gasteiger partial charge in [-0.1, -0.05) is 19.1 Å². The fraction of sp³-hybridized carbons (Fsp3) is 0.158. The number of hydrogen-bond acceptors (Lipinski definition) is 3. The second-order valence-electron chi connectivity index (χ2n) is 5.64. The Labute approximate surface area is 147 Å². The van der Waals surface area contributed by atoms with Gasteiger partial charge in [0.05, 0.1) is 11.3 Å². The Balaban J connectivity index is 2.18. The maximum Gasteiger partial charge on any atom is 0.416 e. The predicted octanol–water partition coefficient (Wildman–Crippen LogP) is 5.24. The van der Waals surface area contributed by atoms with Crippen LogP contribution in [-0.4, -0.2) is 15.1 Å². The van der Waals surface area contributed by atoms with Crippen molar-refractivity contribution in [2.24, 2.45) is 0 Å². The van der Waals surface area contributed by atoms with Crippen LogP contribution in [0.4, 0.5) is 17.6 Å². The van der Waals surface area contributed by atoms with Crippen LogP contribution in [0, 0.1) is 5.82 Å². The molecule has 1 N–H and O–H groups in total. The van der Waals surface area contributed by atoms with Gasteiger partial charge in [0.25, 0.3) is 0 Å². The van der Waals surface area contributed by atoms with Crippen molar-refractivity contribution >= 4 is 0 Å². The summed E-state index contributed by atoms with van der Waals surface area (Å²) in [6.45, 7) is 1.74. The van der Waals surface area contributed by atoms with Gasteiger partial charge in [0, 0.05) is 16.7 Å². The van der Waals surface area contributed by atoms with Gasteiger partial charge < -0.3 is 5.11 Å². The van der Waals surface area contributed by atoms with Crippen LogP contribution in [0.5, 0.6) is 5.88 Å². The summed E-state index contributed by atoms with van der Waals surface area (Å²) >= 11 is 0. The van der Waals surface area contributed by atoms with Crippen LogP contribution < -0.4 is 0 Å². The molecule has 0 bridgehead atoms. The number of aromatic nitrogens is 2. The SMILES string of the molecule is CCc1c(O)nc(-c2ccc(F)cc2)nc1-c1cccc(C(F)(F)F)c1. The van der Waals surface area contributed by atoms with E-state index in [0.717, 1.165) is 12.1 Å². The standard InChI is InChI=1S/C19H14F4N2O/c1-2-15-16(12-4-3-5-13(10-12)19(21,22)23)24-17(25-18(15)26)11-6-8-14(20)9-7-11/h3-10H,2H2,1H3,(H,24,25,26). The van der Waals surface area contributed by atoms with Crippen LogP contribution in [0.1, 0.15) is 18.1 Å². The lowest BCUT2D eigenvalue weighted by molar-refractivity contribution is -0.137. The quantitative estimate of drug-likeness (QED) is 0.649. The third-order valence-corrected chi connectivity index (χ3v) is 3.90. The molecule has 1 aromatic heterocycles. The average Bonchev–Trinajstić information content (AvgIpc) is 2.61. The number of rotatable bonds is 3. The predicted molar refractivity (Wildman–Crippen MR) is 88.9 cm³/mol. The van der Waals surface area contributed by atoms with Gasteiger partial charge in [-0.2, -0.15) is 18.2 Å². The van der Waals surface area contributed by atoms with Gasteiger partial charge in [0.2, 0.25) is 5.88 Å². The van der Waals surface area contributed by atoms with E-state index in [1.807, 2.05) is 0 Å². The maximum absolute atomic E-state index is 13.1. The van der Waals surface area contributed by atoms with Crippen LogP contribution in [0.3, 0.4) is 0 Å². The van der Waals surface area contributed by atoms with E-state index in [4.69, 9.17) is 0 Å². The zero-order chi connectivity index (χ0) is 18.9. The molecule has 0 aliphatic heterocycles. The van der Waals surface area contributed by atoms with Gasteiger partial charge in [0.1, 0.15) is 5.82 Å². The molecule has 7 heteroatoms. The minimum absolute atomic E-state index is 0.104. The summed E-state index contributed by atoms with van der Waals surface area (Å²) in [7, 11) is 0. The van der Waals surface area contributed by atoms with Crippen molar-refractivity contribution in [3.8, 4) is 28.5 Å². The van der Waals surface area contributed by atoms with Crippen molar-refractivity contribution < 1.29 is 22.7 Å². The van der Waals surface area contributed by atoms with Crippen LogP contribution in [0.15, 0.2) is 48.5 Å². The zero-order valence-electron chi connectivity index (χ0n) is 13.7. The fourth-order valence-electron chi connectivity index (χ4n) is 2.61. The molecule has 0 aliphatic carbocycles. The summed E-state index contributed by atoms with van der Waals surface area (Å²) in [5, 5.41) is 10.2. The summed E-state index contributed by atoms with van der Waals surface area (Å²) < 4.78 is 52.1. The molecule has 134 valence electrons. The number of nitrogens with zero attached hydrogens (tertiary/aromatic N) is 2. The molecule has 3 nitrogen and oxygen atoms in total.